The Morgan fingerprint density at radius 1 is 1.00 bits per heavy atom. The van der Waals surface area contributed by atoms with Crippen molar-refractivity contribution in [2.24, 2.45) is 0 Å². The van der Waals surface area contributed by atoms with Crippen molar-refractivity contribution < 1.29 is 106 Å². The van der Waals surface area contributed by atoms with Crippen LogP contribution in [-0.2, 0) is 20.2 Å². The van der Waals surface area contributed by atoms with E-state index in [1.165, 1.54) is 7.11 Å². The SMILES string of the molecule is COc1ccc2c(c1)[C@@H](NC(=O)OCCOP(=O)([O-])[O-])CCc1cc(OC)c(OC)c(OC)c1-2.[Na+].[Na+]. The van der Waals surface area contributed by atoms with E-state index in [-0.39, 0.29) is 59.1 Å². The Morgan fingerprint density at radius 3 is 2.28 bits per heavy atom. The molecule has 0 spiro atoms. The first-order valence-electron chi connectivity index (χ1n) is 10.3. The van der Waals surface area contributed by atoms with Gasteiger partial charge in [-0.3, -0.25) is 0 Å². The molecular weight excluding hydrogens is 515 g/mol. The van der Waals surface area contributed by atoms with Crippen LogP contribution in [0.5, 0.6) is 23.0 Å². The van der Waals surface area contributed by atoms with Crippen molar-refractivity contribution in [2.45, 2.75) is 18.9 Å². The molecule has 14 heteroatoms. The Kier molecular flexibility index (Phi) is 13.6. The summed E-state index contributed by atoms with van der Waals surface area (Å²) in [5.74, 6) is 2.07. The monoisotopic (exact) mass is 541 g/mol. The number of amides is 1. The van der Waals surface area contributed by atoms with Gasteiger partial charge >= 0.3 is 65.2 Å². The number of fused-ring (bicyclic) bond motifs is 3. The van der Waals surface area contributed by atoms with E-state index in [1.54, 1.807) is 27.4 Å². The Hall–Kier alpha value is -0.980. The van der Waals surface area contributed by atoms with Crippen LogP contribution in [0.25, 0.3) is 11.1 Å². The van der Waals surface area contributed by atoms with Gasteiger partial charge in [-0.2, -0.15) is 0 Å². The zero-order chi connectivity index (χ0) is 24.9. The fraction of sp³-hybridized carbons (Fsp3) is 0.409. The second-order valence-electron chi connectivity index (χ2n) is 7.28. The number of rotatable bonds is 9. The van der Waals surface area contributed by atoms with Crippen molar-refractivity contribution in [2.75, 3.05) is 41.7 Å². The molecule has 0 unspecified atom stereocenters. The van der Waals surface area contributed by atoms with Crippen LogP contribution in [0.4, 0.5) is 4.79 Å². The number of carbonyl (C=O) groups excluding carboxylic acids is 1. The normalized spacial score (nSPS) is 14.0. The minimum Gasteiger partial charge on any atom is -0.790 e. The van der Waals surface area contributed by atoms with Crippen LogP contribution in [0, 0.1) is 0 Å². The van der Waals surface area contributed by atoms with Crippen LogP contribution < -0.4 is 93.2 Å². The molecule has 2 aromatic rings. The molecule has 1 aliphatic rings. The van der Waals surface area contributed by atoms with E-state index < -0.39 is 33.2 Å². The Labute approximate surface area is 253 Å². The third kappa shape index (κ3) is 8.01. The van der Waals surface area contributed by atoms with E-state index in [0.29, 0.717) is 35.8 Å². The summed E-state index contributed by atoms with van der Waals surface area (Å²) in [4.78, 5) is 33.5. The van der Waals surface area contributed by atoms with Crippen LogP contribution in [0.2, 0.25) is 0 Å². The van der Waals surface area contributed by atoms with Crippen molar-refractivity contribution in [3.05, 3.63) is 35.4 Å². The summed E-state index contributed by atoms with van der Waals surface area (Å²) in [6, 6.07) is 6.91. The van der Waals surface area contributed by atoms with Gasteiger partial charge in [0.05, 0.1) is 48.9 Å². The maximum absolute atomic E-state index is 12.4. The molecule has 0 aliphatic heterocycles. The maximum atomic E-state index is 12.4. The number of hydrogen-bond acceptors (Lipinski definition) is 10. The predicted octanol–water partition coefficient (Wildman–Crippen LogP) is -4.05. The summed E-state index contributed by atoms with van der Waals surface area (Å²) in [6.45, 7) is -0.963. The minimum atomic E-state index is -5.13. The second kappa shape index (κ2) is 14.8. The van der Waals surface area contributed by atoms with E-state index in [0.717, 1.165) is 22.3 Å². The van der Waals surface area contributed by atoms with Gasteiger partial charge in [0.25, 0.3) is 0 Å². The summed E-state index contributed by atoms with van der Waals surface area (Å²) in [6.07, 6.45) is 0.280. The number of benzene rings is 2. The molecule has 11 nitrogen and oxygen atoms in total. The molecule has 0 radical (unpaired) electrons. The molecule has 1 amide bonds. The number of methoxy groups -OCH3 is 4. The molecule has 186 valence electrons. The number of aryl methyl sites for hydroxylation is 1. The average molecular weight is 541 g/mol. The summed E-state index contributed by atoms with van der Waals surface area (Å²) in [5.41, 5.74) is 3.32. The van der Waals surface area contributed by atoms with Gasteiger partial charge in [-0.05, 0) is 47.7 Å². The third-order valence-electron chi connectivity index (χ3n) is 5.38. The minimum absolute atomic E-state index is 0. The van der Waals surface area contributed by atoms with Gasteiger partial charge in [0.2, 0.25) is 5.75 Å². The number of ether oxygens (including phenoxy) is 5. The molecule has 0 aromatic heterocycles. The van der Waals surface area contributed by atoms with Crippen LogP contribution >= 0.6 is 7.82 Å². The molecule has 0 fully saturated rings. The first kappa shape index (κ1) is 33.0. The van der Waals surface area contributed by atoms with Gasteiger partial charge in [-0.1, -0.05) is 6.07 Å². The van der Waals surface area contributed by atoms with E-state index in [4.69, 9.17) is 23.7 Å². The number of nitrogens with one attached hydrogen (secondary N) is 1. The molecule has 0 bridgehead atoms. The average Bonchev–Trinajstić information content (AvgIpc) is 2.96. The molecule has 3 rings (SSSR count). The van der Waals surface area contributed by atoms with Gasteiger partial charge in [-0.15, -0.1) is 0 Å². The van der Waals surface area contributed by atoms with Crippen molar-refractivity contribution in [3.8, 4) is 34.1 Å². The van der Waals surface area contributed by atoms with Crippen LogP contribution in [0.1, 0.15) is 23.6 Å². The van der Waals surface area contributed by atoms with Gasteiger partial charge in [0, 0.05) is 5.56 Å². The predicted molar refractivity (Wildman–Crippen MR) is 117 cm³/mol. The van der Waals surface area contributed by atoms with Gasteiger partial charge < -0.3 is 47.9 Å². The number of phosphoric ester groups is 1. The van der Waals surface area contributed by atoms with Crippen molar-refractivity contribution in [1.29, 1.82) is 0 Å². The van der Waals surface area contributed by atoms with Crippen molar-refractivity contribution >= 4 is 13.9 Å². The van der Waals surface area contributed by atoms with Gasteiger partial charge in [0.1, 0.15) is 12.4 Å². The Balaban J connectivity index is 0.00000324. The summed E-state index contributed by atoms with van der Waals surface area (Å²) in [5, 5.41) is 2.79. The number of alkyl carbamates (subject to hydrolysis) is 1. The molecule has 2 aromatic carbocycles. The molecule has 0 saturated heterocycles. The molecule has 0 heterocycles. The molecule has 36 heavy (non-hydrogen) atoms. The van der Waals surface area contributed by atoms with E-state index in [2.05, 4.69) is 9.84 Å². The topological polar surface area (TPSA) is 148 Å². The van der Waals surface area contributed by atoms with E-state index >= 15 is 0 Å². The molecule has 1 aliphatic carbocycles. The third-order valence-corrected chi connectivity index (χ3v) is 5.87. The standard InChI is InChI=1S/C22H28NO10P.2Na/c1-28-14-6-7-15-16(12-14)17(23-22(24)32-9-10-33-34(25,26)27)8-5-13-11-18(29-2)20(30-3)21(31-4)19(13)15;;/h6-7,11-12,17H,5,8-10H2,1-4H3,(H,23,24)(H2,25,26,27);;/q;2*+1/p-2/t17-;;/m0../s1. The largest absolute Gasteiger partial charge is 1.00 e. The molecular formula is C22H26NNa2O10P. The Bertz CT molecular complexity index is 1090. The van der Waals surface area contributed by atoms with Gasteiger partial charge in [-0.25, -0.2) is 4.79 Å². The first-order chi connectivity index (χ1) is 16.2. The van der Waals surface area contributed by atoms with Crippen LogP contribution in [0.3, 0.4) is 0 Å². The van der Waals surface area contributed by atoms with Crippen molar-refractivity contribution in [1.82, 2.24) is 5.32 Å². The van der Waals surface area contributed by atoms with E-state index in [9.17, 15) is 19.1 Å². The second-order valence-corrected chi connectivity index (χ2v) is 8.44. The first-order valence-corrected chi connectivity index (χ1v) is 11.8. The fourth-order valence-electron chi connectivity index (χ4n) is 3.96. The Morgan fingerprint density at radius 2 is 1.69 bits per heavy atom. The smallest absolute Gasteiger partial charge is 0.790 e. The number of phosphoric acid groups is 1. The maximum Gasteiger partial charge on any atom is 1.00 e. The van der Waals surface area contributed by atoms with E-state index in [1.807, 2.05) is 18.2 Å². The number of hydrogen-bond donors (Lipinski definition) is 1. The fourth-order valence-corrected chi connectivity index (χ4v) is 4.25. The van der Waals surface area contributed by atoms with Crippen LogP contribution in [-0.4, -0.2) is 47.7 Å². The molecule has 1 N–H and O–H groups in total. The zero-order valence-corrected chi connectivity index (χ0v) is 26.1. The zero-order valence-electron chi connectivity index (χ0n) is 21.2. The number of carbonyl (C=O) groups is 1. The quantitative estimate of drug-likeness (QED) is 0.189. The molecule has 0 saturated carbocycles. The summed E-state index contributed by atoms with van der Waals surface area (Å²) >= 11 is 0. The van der Waals surface area contributed by atoms with Gasteiger partial charge in [0.15, 0.2) is 11.5 Å². The summed E-state index contributed by atoms with van der Waals surface area (Å²) in [7, 11) is 1.03. The van der Waals surface area contributed by atoms with Crippen molar-refractivity contribution in [3.63, 3.8) is 0 Å². The summed E-state index contributed by atoms with van der Waals surface area (Å²) < 4.78 is 41.7. The molecule has 1 atom stereocenters. The van der Waals surface area contributed by atoms with Crippen LogP contribution in [0.15, 0.2) is 24.3 Å².